The van der Waals surface area contributed by atoms with Gasteiger partial charge in [0.2, 0.25) is 5.82 Å². The van der Waals surface area contributed by atoms with E-state index in [0.717, 1.165) is 5.56 Å². The topological polar surface area (TPSA) is 122 Å². The van der Waals surface area contributed by atoms with Gasteiger partial charge < -0.3 is 10.4 Å². The fourth-order valence-corrected chi connectivity index (χ4v) is 3.35. The summed E-state index contributed by atoms with van der Waals surface area (Å²) in [4.78, 5) is 13.0. The fourth-order valence-electron chi connectivity index (χ4n) is 3.35. The number of amides is 1. The average molecular weight is 353 g/mol. The van der Waals surface area contributed by atoms with Crippen LogP contribution >= 0.6 is 0 Å². The zero-order valence-corrected chi connectivity index (χ0v) is 14.2. The lowest BCUT2D eigenvalue weighted by Gasteiger charge is -2.37. The van der Waals surface area contributed by atoms with E-state index in [1.807, 2.05) is 19.3 Å². The third-order valence-electron chi connectivity index (χ3n) is 4.75. The van der Waals surface area contributed by atoms with Gasteiger partial charge in [-0.2, -0.15) is 10.3 Å². The monoisotopic (exact) mass is 353 g/mol. The Bertz CT molecular complexity index is 899. The van der Waals surface area contributed by atoms with E-state index in [2.05, 4.69) is 31.0 Å². The number of nitrogens with zero attached hydrogens (tertiary/aromatic N) is 5. The van der Waals surface area contributed by atoms with Crippen LogP contribution in [0.1, 0.15) is 34.8 Å². The molecule has 1 atom stereocenters. The molecule has 4 rings (SSSR count). The molecule has 2 aromatic heterocycles. The molecule has 2 heterocycles. The van der Waals surface area contributed by atoms with Crippen molar-refractivity contribution in [1.29, 1.82) is 0 Å². The van der Waals surface area contributed by atoms with Crippen LogP contribution in [0, 0.1) is 5.92 Å². The number of hydrogen-bond donors (Lipinski definition) is 3. The van der Waals surface area contributed by atoms with Crippen LogP contribution < -0.4 is 5.32 Å². The van der Waals surface area contributed by atoms with Gasteiger partial charge in [-0.1, -0.05) is 18.2 Å². The molecule has 1 aromatic carbocycles. The molecule has 1 fully saturated rings. The van der Waals surface area contributed by atoms with Crippen molar-refractivity contribution < 1.29 is 9.90 Å². The van der Waals surface area contributed by atoms with Gasteiger partial charge in [0.25, 0.3) is 5.91 Å². The summed E-state index contributed by atoms with van der Waals surface area (Å²) < 4.78 is 1.71. The molecule has 9 nitrogen and oxygen atoms in total. The number of carbonyl (C=O) groups is 1. The number of H-pyrrole nitrogens is 1. The predicted molar refractivity (Wildman–Crippen MR) is 91.8 cm³/mol. The minimum absolute atomic E-state index is 0.176. The normalized spacial score (nSPS) is 20.4. The third-order valence-corrected chi connectivity index (χ3v) is 4.75. The largest absolute Gasteiger partial charge is 0.393 e. The number of aliphatic hydroxyl groups is 1. The summed E-state index contributed by atoms with van der Waals surface area (Å²) >= 11 is 0. The van der Waals surface area contributed by atoms with Gasteiger partial charge in [0.05, 0.1) is 23.9 Å². The highest BCUT2D eigenvalue weighted by Crippen LogP contribution is 2.38. The molecule has 0 radical (unpaired) electrons. The van der Waals surface area contributed by atoms with E-state index in [-0.39, 0.29) is 24.0 Å². The Balaban J connectivity index is 1.61. The number of benzene rings is 1. The number of aliphatic hydroxyl groups excluding tert-OH is 1. The second-order valence-electron chi connectivity index (χ2n) is 6.56. The highest BCUT2D eigenvalue weighted by Gasteiger charge is 2.36. The Morgan fingerprint density at radius 2 is 2.19 bits per heavy atom. The molecule has 1 aliphatic carbocycles. The first-order valence-electron chi connectivity index (χ1n) is 8.42. The molecule has 1 amide bonds. The fraction of sp³-hybridized carbons (Fsp3) is 0.353. The summed E-state index contributed by atoms with van der Waals surface area (Å²) in [6, 6.07) is 6.93. The van der Waals surface area contributed by atoms with Crippen LogP contribution in [0.5, 0.6) is 0 Å². The molecular weight excluding hydrogens is 334 g/mol. The zero-order valence-electron chi connectivity index (χ0n) is 14.2. The van der Waals surface area contributed by atoms with Crippen molar-refractivity contribution >= 4 is 5.91 Å². The van der Waals surface area contributed by atoms with Crippen molar-refractivity contribution in [2.75, 3.05) is 0 Å². The SMILES string of the molecule is Cn1cc(C(NC(=O)c2ccccc2-c2nn[nH]n2)C2CC(O)C2)cn1. The van der Waals surface area contributed by atoms with Crippen LogP contribution in [0.2, 0.25) is 0 Å². The molecule has 1 saturated carbocycles. The molecule has 3 aromatic rings. The average Bonchev–Trinajstić information content (AvgIpc) is 3.29. The number of nitrogens with one attached hydrogen (secondary N) is 2. The lowest BCUT2D eigenvalue weighted by atomic mass is 9.75. The van der Waals surface area contributed by atoms with Crippen LogP contribution in [0.4, 0.5) is 0 Å². The van der Waals surface area contributed by atoms with Crippen LogP contribution in [-0.2, 0) is 7.05 Å². The van der Waals surface area contributed by atoms with Gasteiger partial charge in [0, 0.05) is 24.4 Å². The highest BCUT2D eigenvalue weighted by atomic mass is 16.3. The molecule has 26 heavy (non-hydrogen) atoms. The number of carbonyl (C=O) groups excluding carboxylic acids is 1. The molecule has 134 valence electrons. The summed E-state index contributed by atoms with van der Waals surface area (Å²) in [6.07, 6.45) is 4.66. The van der Waals surface area contributed by atoms with Crippen molar-refractivity contribution in [2.24, 2.45) is 13.0 Å². The van der Waals surface area contributed by atoms with Gasteiger partial charge in [-0.3, -0.25) is 9.48 Å². The molecule has 0 aliphatic heterocycles. The number of aryl methyl sites for hydroxylation is 1. The summed E-state index contributed by atoms with van der Waals surface area (Å²) in [5.74, 6) is 0.323. The summed E-state index contributed by atoms with van der Waals surface area (Å²) in [5.41, 5.74) is 2.01. The Morgan fingerprint density at radius 1 is 1.38 bits per heavy atom. The predicted octanol–water partition coefficient (Wildman–Crippen LogP) is 0.842. The van der Waals surface area contributed by atoms with Crippen LogP contribution in [-0.4, -0.2) is 47.5 Å². The van der Waals surface area contributed by atoms with E-state index in [1.165, 1.54) is 0 Å². The first-order chi connectivity index (χ1) is 12.6. The maximum absolute atomic E-state index is 13.0. The maximum Gasteiger partial charge on any atom is 0.252 e. The lowest BCUT2D eigenvalue weighted by Crippen LogP contribution is -2.41. The second-order valence-corrected chi connectivity index (χ2v) is 6.56. The number of hydrogen-bond acceptors (Lipinski definition) is 6. The van der Waals surface area contributed by atoms with Crippen molar-refractivity contribution in [3.05, 3.63) is 47.8 Å². The molecule has 0 spiro atoms. The van der Waals surface area contributed by atoms with Gasteiger partial charge >= 0.3 is 0 Å². The Hall–Kier alpha value is -3.07. The van der Waals surface area contributed by atoms with Crippen molar-refractivity contribution in [1.82, 2.24) is 35.7 Å². The Morgan fingerprint density at radius 3 is 2.85 bits per heavy atom. The minimum Gasteiger partial charge on any atom is -0.393 e. The minimum atomic E-state index is -0.303. The molecule has 0 saturated heterocycles. The van der Waals surface area contributed by atoms with Gasteiger partial charge in [0.1, 0.15) is 0 Å². The second kappa shape index (κ2) is 6.68. The quantitative estimate of drug-likeness (QED) is 0.625. The Labute approximate surface area is 149 Å². The van der Waals surface area contributed by atoms with E-state index in [1.54, 1.807) is 29.1 Å². The molecule has 1 aliphatic rings. The van der Waals surface area contributed by atoms with Crippen molar-refractivity contribution in [3.8, 4) is 11.4 Å². The first kappa shape index (κ1) is 16.4. The maximum atomic E-state index is 13.0. The summed E-state index contributed by atoms with van der Waals surface area (Å²) in [5, 5.41) is 30.9. The van der Waals surface area contributed by atoms with Crippen molar-refractivity contribution in [3.63, 3.8) is 0 Å². The third kappa shape index (κ3) is 3.08. The van der Waals surface area contributed by atoms with Crippen molar-refractivity contribution in [2.45, 2.75) is 25.0 Å². The van der Waals surface area contributed by atoms with Crippen LogP contribution in [0.15, 0.2) is 36.7 Å². The van der Waals surface area contributed by atoms with E-state index in [0.29, 0.717) is 29.8 Å². The number of rotatable bonds is 5. The molecule has 9 heteroatoms. The molecule has 1 unspecified atom stereocenters. The molecule has 3 N–H and O–H groups in total. The van der Waals surface area contributed by atoms with E-state index < -0.39 is 0 Å². The van der Waals surface area contributed by atoms with Gasteiger partial charge in [-0.05, 0) is 30.0 Å². The standard InChI is InChI=1S/C17H19N7O2/c1-24-9-11(8-18-24)15(10-6-12(25)7-10)19-17(26)14-5-3-2-4-13(14)16-20-22-23-21-16/h2-5,8-10,12,15,25H,6-7H2,1H3,(H,19,26)(H,20,21,22,23). The number of aromatic nitrogens is 6. The van der Waals surface area contributed by atoms with Gasteiger partial charge in [-0.25, -0.2) is 0 Å². The van der Waals surface area contributed by atoms with E-state index >= 15 is 0 Å². The zero-order chi connectivity index (χ0) is 18.1. The molecule has 0 bridgehead atoms. The number of aromatic amines is 1. The molecular formula is C17H19N7O2. The first-order valence-corrected chi connectivity index (χ1v) is 8.42. The van der Waals surface area contributed by atoms with Crippen LogP contribution in [0.3, 0.4) is 0 Å². The van der Waals surface area contributed by atoms with Gasteiger partial charge in [-0.15, -0.1) is 10.2 Å². The highest BCUT2D eigenvalue weighted by molar-refractivity contribution is 6.00. The number of tetrazole rings is 1. The lowest BCUT2D eigenvalue weighted by molar-refractivity contribution is 0.0235. The summed E-state index contributed by atoms with van der Waals surface area (Å²) in [6.45, 7) is 0. The van der Waals surface area contributed by atoms with E-state index in [4.69, 9.17) is 0 Å². The smallest absolute Gasteiger partial charge is 0.252 e. The summed E-state index contributed by atoms with van der Waals surface area (Å²) in [7, 11) is 1.84. The van der Waals surface area contributed by atoms with Gasteiger partial charge in [0.15, 0.2) is 0 Å². The Kier molecular flexibility index (Phi) is 4.21. The van der Waals surface area contributed by atoms with Crippen LogP contribution in [0.25, 0.3) is 11.4 Å². The van der Waals surface area contributed by atoms with E-state index in [9.17, 15) is 9.90 Å².